The molecule has 0 aliphatic rings. The Balaban J connectivity index is 2.32. The van der Waals surface area contributed by atoms with E-state index >= 15 is 0 Å². The number of nitrogens with two attached hydrogens (primary N) is 2. The number of hydrogen-bond acceptors (Lipinski definition) is 5. The van der Waals surface area contributed by atoms with Crippen LogP contribution < -0.4 is 16.2 Å². The minimum atomic E-state index is -1.19. The molecule has 0 radical (unpaired) electrons. The maximum atomic E-state index is 12.0. The summed E-state index contributed by atoms with van der Waals surface area (Å²) in [5.74, 6) is -1.91. The van der Waals surface area contributed by atoms with Crippen LogP contribution in [-0.2, 0) is 0 Å². The maximum absolute atomic E-state index is 12.0. The van der Waals surface area contributed by atoms with Crippen molar-refractivity contribution in [3.63, 3.8) is 0 Å². The zero-order valence-corrected chi connectivity index (χ0v) is 10.4. The maximum Gasteiger partial charge on any atom is 0.345 e. The first kappa shape index (κ1) is 13.4. The summed E-state index contributed by atoms with van der Waals surface area (Å²) in [6.45, 7) is 0. The number of carbonyl (C=O) groups excluding carboxylic acids is 1. The van der Waals surface area contributed by atoms with Crippen molar-refractivity contribution < 1.29 is 19.4 Å². The Kier molecular flexibility index (Phi) is 3.56. The molecule has 0 saturated carbocycles. The summed E-state index contributed by atoms with van der Waals surface area (Å²) in [7, 11) is 0. The lowest BCUT2D eigenvalue weighted by Crippen LogP contribution is -2.13. The molecule has 0 aliphatic carbocycles. The Hall–Kier alpha value is -3.02. The Bertz CT molecular complexity index is 683. The molecule has 5 N–H and O–H groups in total. The van der Waals surface area contributed by atoms with E-state index in [1.54, 1.807) is 18.2 Å². The van der Waals surface area contributed by atoms with E-state index in [0.717, 1.165) is 0 Å². The van der Waals surface area contributed by atoms with Gasteiger partial charge in [-0.25, -0.2) is 9.59 Å². The molecule has 0 saturated heterocycles. The fourth-order valence-electron chi connectivity index (χ4n) is 1.66. The van der Waals surface area contributed by atoms with E-state index in [-0.39, 0.29) is 28.3 Å². The summed E-state index contributed by atoms with van der Waals surface area (Å²) < 4.78 is 5.10. The molecule has 0 fully saturated rings. The molecule has 0 amide bonds. The number of nitrogen functional groups attached to an aromatic ring is 2. The summed E-state index contributed by atoms with van der Waals surface area (Å²) >= 11 is 0. The molecule has 20 heavy (non-hydrogen) atoms. The molecule has 6 nitrogen and oxygen atoms in total. The highest BCUT2D eigenvalue weighted by Gasteiger charge is 2.16. The van der Waals surface area contributed by atoms with Crippen LogP contribution in [0.4, 0.5) is 11.4 Å². The van der Waals surface area contributed by atoms with Crippen LogP contribution in [-0.4, -0.2) is 17.0 Å². The first-order chi connectivity index (χ1) is 9.50. The van der Waals surface area contributed by atoms with Gasteiger partial charge in [0.1, 0.15) is 0 Å². The molecule has 0 aliphatic heterocycles. The molecule has 0 bridgehead atoms. The molecule has 0 aromatic heterocycles. The summed E-state index contributed by atoms with van der Waals surface area (Å²) in [4.78, 5) is 22.9. The van der Waals surface area contributed by atoms with Crippen LogP contribution in [0.15, 0.2) is 42.5 Å². The molecule has 0 unspecified atom stereocenters. The second-order valence-electron chi connectivity index (χ2n) is 4.00. The minimum absolute atomic E-state index is 0.0156. The van der Waals surface area contributed by atoms with E-state index < -0.39 is 11.9 Å². The third-order valence-electron chi connectivity index (χ3n) is 2.68. The van der Waals surface area contributed by atoms with Gasteiger partial charge in [-0.1, -0.05) is 18.2 Å². The number of esters is 1. The SMILES string of the molecule is Nc1ccccc1C(=O)Oc1cccc(C(=O)O)c1N. The minimum Gasteiger partial charge on any atom is -0.478 e. The van der Waals surface area contributed by atoms with Crippen molar-refractivity contribution in [2.45, 2.75) is 0 Å². The Morgan fingerprint density at radius 1 is 0.950 bits per heavy atom. The van der Waals surface area contributed by atoms with Crippen LogP contribution in [0, 0.1) is 0 Å². The van der Waals surface area contributed by atoms with Gasteiger partial charge in [0, 0.05) is 5.69 Å². The van der Waals surface area contributed by atoms with Crippen molar-refractivity contribution in [1.29, 1.82) is 0 Å². The van der Waals surface area contributed by atoms with Gasteiger partial charge in [-0.3, -0.25) is 0 Å². The predicted molar refractivity (Wildman–Crippen MR) is 73.6 cm³/mol. The normalized spacial score (nSPS) is 10.0. The van der Waals surface area contributed by atoms with Gasteiger partial charge in [0.25, 0.3) is 0 Å². The number of carboxylic acid groups (broad SMARTS) is 1. The quantitative estimate of drug-likeness (QED) is 0.445. The number of ether oxygens (including phenoxy) is 1. The number of carboxylic acids is 1. The number of carbonyl (C=O) groups is 2. The third kappa shape index (κ3) is 2.54. The summed E-state index contributed by atoms with van der Waals surface area (Å²) in [6, 6.07) is 10.6. The fourth-order valence-corrected chi connectivity index (χ4v) is 1.66. The predicted octanol–water partition coefficient (Wildman–Crippen LogP) is 1.77. The van der Waals surface area contributed by atoms with Crippen molar-refractivity contribution in [3.8, 4) is 5.75 Å². The van der Waals surface area contributed by atoms with E-state index in [1.165, 1.54) is 24.3 Å². The molecule has 2 rings (SSSR count). The van der Waals surface area contributed by atoms with E-state index in [0.29, 0.717) is 0 Å². The highest BCUT2D eigenvalue weighted by atomic mass is 16.5. The molecular weight excluding hydrogens is 260 g/mol. The summed E-state index contributed by atoms with van der Waals surface area (Å²) in [6.07, 6.45) is 0. The number of aromatic carboxylic acids is 1. The average molecular weight is 272 g/mol. The summed E-state index contributed by atoms with van der Waals surface area (Å²) in [5.41, 5.74) is 11.5. The highest BCUT2D eigenvalue weighted by Crippen LogP contribution is 2.26. The lowest BCUT2D eigenvalue weighted by molar-refractivity contribution is 0.0689. The number of para-hydroxylation sites is 2. The van der Waals surface area contributed by atoms with Crippen LogP contribution in [0.1, 0.15) is 20.7 Å². The van der Waals surface area contributed by atoms with Gasteiger partial charge in [-0.2, -0.15) is 0 Å². The second-order valence-corrected chi connectivity index (χ2v) is 4.00. The van der Waals surface area contributed by atoms with Crippen LogP contribution in [0.5, 0.6) is 5.75 Å². The van der Waals surface area contributed by atoms with E-state index in [4.69, 9.17) is 21.3 Å². The molecule has 0 atom stereocenters. The van der Waals surface area contributed by atoms with Crippen LogP contribution >= 0.6 is 0 Å². The van der Waals surface area contributed by atoms with Crippen LogP contribution in [0.25, 0.3) is 0 Å². The smallest absolute Gasteiger partial charge is 0.345 e. The highest BCUT2D eigenvalue weighted by molar-refractivity contribution is 5.99. The third-order valence-corrected chi connectivity index (χ3v) is 2.68. The monoisotopic (exact) mass is 272 g/mol. The molecular formula is C14H12N2O4. The second kappa shape index (κ2) is 5.31. The van der Waals surface area contributed by atoms with Gasteiger partial charge in [-0.15, -0.1) is 0 Å². The Morgan fingerprint density at radius 2 is 1.60 bits per heavy atom. The first-order valence-corrected chi connectivity index (χ1v) is 5.69. The van der Waals surface area contributed by atoms with Gasteiger partial charge < -0.3 is 21.3 Å². The molecule has 2 aromatic rings. The van der Waals surface area contributed by atoms with Gasteiger partial charge in [-0.05, 0) is 24.3 Å². The topological polar surface area (TPSA) is 116 Å². The zero-order valence-electron chi connectivity index (χ0n) is 10.4. The van der Waals surface area contributed by atoms with Gasteiger partial charge in [0.05, 0.1) is 16.8 Å². The average Bonchev–Trinajstić information content (AvgIpc) is 2.41. The lowest BCUT2D eigenvalue weighted by atomic mass is 10.1. The Morgan fingerprint density at radius 3 is 2.25 bits per heavy atom. The van der Waals surface area contributed by atoms with E-state index in [9.17, 15) is 9.59 Å². The summed E-state index contributed by atoms with van der Waals surface area (Å²) in [5, 5.41) is 8.94. The van der Waals surface area contributed by atoms with Crippen molar-refractivity contribution in [2.75, 3.05) is 11.5 Å². The van der Waals surface area contributed by atoms with E-state index in [2.05, 4.69) is 0 Å². The molecule has 2 aromatic carbocycles. The largest absolute Gasteiger partial charge is 0.478 e. The van der Waals surface area contributed by atoms with Gasteiger partial charge >= 0.3 is 11.9 Å². The standard InChI is InChI=1S/C14H12N2O4/c15-10-6-2-1-4-8(10)14(19)20-11-7-3-5-9(12(11)16)13(17)18/h1-7H,15-16H2,(H,17,18). The van der Waals surface area contributed by atoms with Crippen LogP contribution in [0.2, 0.25) is 0 Å². The number of hydrogen-bond donors (Lipinski definition) is 3. The van der Waals surface area contributed by atoms with Crippen molar-refractivity contribution in [2.24, 2.45) is 0 Å². The van der Waals surface area contributed by atoms with Gasteiger partial charge in [0.2, 0.25) is 0 Å². The Labute approximate surface area is 114 Å². The fraction of sp³-hybridized carbons (Fsp3) is 0. The van der Waals surface area contributed by atoms with Crippen LogP contribution in [0.3, 0.4) is 0 Å². The number of rotatable bonds is 3. The van der Waals surface area contributed by atoms with Gasteiger partial charge in [0.15, 0.2) is 5.75 Å². The number of anilines is 2. The molecule has 0 spiro atoms. The number of benzene rings is 2. The molecule has 6 heteroatoms. The van der Waals surface area contributed by atoms with Crippen molar-refractivity contribution in [1.82, 2.24) is 0 Å². The van der Waals surface area contributed by atoms with E-state index in [1.807, 2.05) is 0 Å². The first-order valence-electron chi connectivity index (χ1n) is 5.69. The molecule has 102 valence electrons. The van der Waals surface area contributed by atoms with Crippen molar-refractivity contribution >= 4 is 23.3 Å². The lowest BCUT2D eigenvalue weighted by Gasteiger charge is -2.10. The van der Waals surface area contributed by atoms with Crippen molar-refractivity contribution in [3.05, 3.63) is 53.6 Å². The molecule has 0 heterocycles. The zero-order chi connectivity index (χ0) is 14.7.